The zero-order chi connectivity index (χ0) is 17.0. The van der Waals surface area contributed by atoms with Crippen LogP contribution in [0.3, 0.4) is 0 Å². The third-order valence-electron chi connectivity index (χ3n) is 3.96. The summed E-state index contributed by atoms with van der Waals surface area (Å²) in [7, 11) is 8.66. The average Bonchev–Trinajstić information content (AvgIpc) is 2.87. The van der Waals surface area contributed by atoms with E-state index in [1.807, 2.05) is 0 Å². The van der Waals surface area contributed by atoms with Crippen molar-refractivity contribution in [1.82, 2.24) is 0 Å². The van der Waals surface area contributed by atoms with Gasteiger partial charge in [-0.15, -0.1) is 34.5 Å². The molecule has 0 fully saturated rings. The monoisotopic (exact) mass is 437 g/mol. The molecule has 0 N–H and O–H groups in total. The van der Waals surface area contributed by atoms with E-state index in [1.54, 1.807) is 0 Å². The number of rotatable bonds is 2. The topological polar surface area (TPSA) is 0 Å². The summed E-state index contributed by atoms with van der Waals surface area (Å²) in [5, 5.41) is 4.23. The van der Waals surface area contributed by atoms with Gasteiger partial charge in [-0.3, -0.25) is 0 Å². The molecule has 0 bridgehead atoms. The van der Waals surface area contributed by atoms with Crippen LogP contribution >= 0.6 is 17.0 Å². The quantitative estimate of drug-likeness (QED) is 0.318. The third kappa shape index (κ3) is 4.86. The average molecular weight is 440 g/mol. The van der Waals surface area contributed by atoms with E-state index in [0.29, 0.717) is 0 Å². The Morgan fingerprint density at radius 2 is 1.57 bits per heavy atom. The maximum absolute atomic E-state index is 4.93. The zero-order valence-electron chi connectivity index (χ0n) is 14.0. The van der Waals surface area contributed by atoms with Gasteiger partial charge in [-0.25, -0.2) is 0 Å². The van der Waals surface area contributed by atoms with Gasteiger partial charge in [-0.2, -0.15) is 6.07 Å². The second kappa shape index (κ2) is 8.21. The van der Waals surface area contributed by atoms with E-state index in [9.17, 15) is 0 Å². The number of aryl methyl sites for hydroxylation is 1. The van der Waals surface area contributed by atoms with Gasteiger partial charge in [0.25, 0.3) is 0 Å². The fourth-order valence-corrected chi connectivity index (χ4v) is 3.95. The number of hydrogen-bond acceptors (Lipinski definition) is 0. The number of fused-ring (bicyclic) bond motifs is 1. The van der Waals surface area contributed by atoms with Gasteiger partial charge >= 0.3 is 37.9 Å². The first kappa shape index (κ1) is 19.1. The van der Waals surface area contributed by atoms with Crippen molar-refractivity contribution >= 4 is 41.1 Å². The van der Waals surface area contributed by atoms with Crippen LogP contribution in [-0.2, 0) is 20.8 Å². The Bertz CT molecular complexity index is 770. The second-order valence-electron chi connectivity index (χ2n) is 6.74. The summed E-state index contributed by atoms with van der Waals surface area (Å²) >= 11 is -0.826. The van der Waals surface area contributed by atoms with Crippen LogP contribution in [0.15, 0.2) is 54.6 Å². The van der Waals surface area contributed by atoms with E-state index in [1.165, 1.54) is 32.6 Å². The van der Waals surface area contributed by atoms with Gasteiger partial charge in [0.05, 0.1) is 8.07 Å². The van der Waals surface area contributed by atoms with Gasteiger partial charge in [0, 0.05) is 0 Å². The molecule has 0 unspecified atom stereocenters. The van der Waals surface area contributed by atoms with E-state index in [-0.39, 0.29) is 0 Å². The van der Waals surface area contributed by atoms with Gasteiger partial charge in [0.2, 0.25) is 0 Å². The molecule has 23 heavy (non-hydrogen) atoms. The van der Waals surface area contributed by atoms with E-state index in [2.05, 4.69) is 81.2 Å². The Kier molecular flexibility index (Phi) is 6.80. The molecule has 0 aliphatic carbocycles. The van der Waals surface area contributed by atoms with Crippen LogP contribution in [0.25, 0.3) is 21.9 Å². The Morgan fingerprint density at radius 1 is 0.957 bits per heavy atom. The summed E-state index contributed by atoms with van der Waals surface area (Å²) < 4.78 is 0. The van der Waals surface area contributed by atoms with E-state index in [4.69, 9.17) is 17.0 Å². The minimum atomic E-state index is -1.21. The van der Waals surface area contributed by atoms with Crippen molar-refractivity contribution in [2.75, 3.05) is 0 Å². The summed E-state index contributed by atoms with van der Waals surface area (Å²) in [4.78, 5) is 0. The molecule has 0 saturated heterocycles. The molecule has 0 aliphatic heterocycles. The molecule has 0 nitrogen and oxygen atoms in total. The molecule has 0 spiro atoms. The van der Waals surface area contributed by atoms with Crippen molar-refractivity contribution < 1.29 is 20.8 Å². The Morgan fingerprint density at radius 3 is 2.13 bits per heavy atom. The molecule has 0 aromatic heterocycles. The van der Waals surface area contributed by atoms with Crippen molar-refractivity contribution in [3.05, 3.63) is 60.2 Å². The molecular formula is C19H21Cl2SiZr-. The number of halogens is 2. The molecule has 4 heteroatoms. The predicted molar refractivity (Wildman–Crippen MR) is 104 cm³/mol. The maximum atomic E-state index is 4.93. The molecule has 0 amide bonds. The fraction of sp³-hybridized carbons (Fsp3) is 0.211. The molecule has 3 aromatic carbocycles. The molecular weight excluding hydrogens is 418 g/mol. The van der Waals surface area contributed by atoms with Gasteiger partial charge in [-0.1, -0.05) is 67.6 Å². The summed E-state index contributed by atoms with van der Waals surface area (Å²) in [6.07, 6.45) is 0. The van der Waals surface area contributed by atoms with Crippen LogP contribution in [0.1, 0.15) is 5.56 Å². The summed E-state index contributed by atoms with van der Waals surface area (Å²) in [6, 6.07) is 20.3. The van der Waals surface area contributed by atoms with Crippen LogP contribution in [0.2, 0.25) is 19.6 Å². The van der Waals surface area contributed by atoms with Crippen LogP contribution in [0.5, 0.6) is 0 Å². The van der Waals surface area contributed by atoms with Crippen molar-refractivity contribution in [3.8, 4) is 11.1 Å². The summed E-state index contributed by atoms with van der Waals surface area (Å²) in [5.41, 5.74) is 4.01. The molecule has 3 rings (SSSR count). The summed E-state index contributed by atoms with van der Waals surface area (Å²) in [5.74, 6) is 0. The van der Waals surface area contributed by atoms with Gasteiger partial charge in [0.15, 0.2) is 0 Å². The first-order chi connectivity index (χ1) is 10.9. The standard InChI is InChI=1S/C19H21Si.2ClH.Zr/c1-14-12-16-6-5-7-18(19(16)13-14)15-8-10-17(11-9-15)20(2,3)4;;;/h5-13H,1-4H3;2*1H;/q-1;;;+2/p-2. The van der Waals surface area contributed by atoms with Crippen LogP contribution in [0.4, 0.5) is 0 Å². The van der Waals surface area contributed by atoms with Crippen LogP contribution in [0, 0.1) is 6.92 Å². The SMILES string of the molecule is Cc1cc2c(-c3ccc([Si](C)(C)C)cc3)cccc2[cH-]1.[Cl][Zr][Cl]. The number of benzene rings is 2. The molecule has 0 saturated carbocycles. The fourth-order valence-electron chi connectivity index (χ4n) is 2.79. The molecule has 0 aliphatic rings. The van der Waals surface area contributed by atoms with Crippen LogP contribution in [-0.4, -0.2) is 8.07 Å². The molecule has 0 heterocycles. The Balaban J connectivity index is 0.000000595. The zero-order valence-corrected chi connectivity index (χ0v) is 18.9. The third-order valence-corrected chi connectivity index (χ3v) is 6.02. The van der Waals surface area contributed by atoms with Crippen molar-refractivity contribution in [1.29, 1.82) is 0 Å². The minimum absolute atomic E-state index is 0.826. The Labute approximate surface area is 158 Å². The molecule has 120 valence electrons. The normalized spacial score (nSPS) is 11.0. The second-order valence-corrected chi connectivity index (χ2v) is 15.5. The van der Waals surface area contributed by atoms with E-state index in [0.717, 1.165) is 0 Å². The van der Waals surface area contributed by atoms with Gasteiger partial charge in [0.1, 0.15) is 0 Å². The van der Waals surface area contributed by atoms with E-state index >= 15 is 0 Å². The molecule has 3 aromatic rings. The molecule has 0 radical (unpaired) electrons. The van der Waals surface area contributed by atoms with Crippen molar-refractivity contribution in [2.24, 2.45) is 0 Å². The van der Waals surface area contributed by atoms with Crippen molar-refractivity contribution in [3.63, 3.8) is 0 Å². The summed E-state index contributed by atoms with van der Waals surface area (Å²) in [6.45, 7) is 9.34. The first-order valence-corrected chi connectivity index (χ1v) is 17.4. The van der Waals surface area contributed by atoms with Crippen LogP contribution < -0.4 is 5.19 Å². The Hall–Kier alpha value is -0.270. The van der Waals surface area contributed by atoms with Crippen molar-refractivity contribution in [2.45, 2.75) is 26.6 Å². The number of hydrogen-bond donors (Lipinski definition) is 0. The predicted octanol–water partition coefficient (Wildman–Crippen LogP) is 6.46. The van der Waals surface area contributed by atoms with Gasteiger partial charge in [-0.05, 0) is 5.56 Å². The van der Waals surface area contributed by atoms with Gasteiger partial charge < -0.3 is 0 Å². The van der Waals surface area contributed by atoms with E-state index < -0.39 is 28.9 Å². The molecule has 0 atom stereocenters. The first-order valence-electron chi connectivity index (χ1n) is 7.60.